The third kappa shape index (κ3) is 51.8. The van der Waals surface area contributed by atoms with E-state index in [0.29, 0.717) is 19.3 Å². The molecule has 0 amide bonds. The quantitative estimate of drug-likeness (QED) is 0.0228. The van der Waals surface area contributed by atoms with Crippen molar-refractivity contribution in [3.63, 3.8) is 0 Å². The lowest BCUT2D eigenvalue weighted by molar-refractivity contribution is -0.301. The van der Waals surface area contributed by atoms with E-state index in [1.165, 1.54) is 180 Å². The summed E-state index contributed by atoms with van der Waals surface area (Å²) >= 11 is 0. The molecule has 0 aromatic rings. The van der Waals surface area contributed by atoms with Crippen molar-refractivity contribution in [1.29, 1.82) is 0 Å². The van der Waals surface area contributed by atoms with Gasteiger partial charge in [0.05, 0.1) is 6.61 Å². The second-order valence-corrected chi connectivity index (χ2v) is 24.9. The van der Waals surface area contributed by atoms with Crippen LogP contribution in [0.2, 0.25) is 0 Å². The molecule has 12 nitrogen and oxygen atoms in total. The van der Waals surface area contributed by atoms with Gasteiger partial charge in [0.2, 0.25) is 0 Å². The van der Waals surface area contributed by atoms with Gasteiger partial charge in [-0.3, -0.25) is 14.4 Å². The Labute approximate surface area is 532 Å². The molecule has 87 heavy (non-hydrogen) atoms. The molecule has 12 heteroatoms. The number of carbonyl (C=O) groups excluding carboxylic acids is 3. The molecule has 0 spiro atoms. The minimum Gasteiger partial charge on any atom is -0.479 e. The zero-order valence-electron chi connectivity index (χ0n) is 56.0. The fourth-order valence-corrected chi connectivity index (χ4v) is 11.0. The highest BCUT2D eigenvalue weighted by Crippen LogP contribution is 2.27. The minimum absolute atomic E-state index is 0.0578. The molecule has 1 aliphatic heterocycles. The number of hydrogen-bond donors (Lipinski definition) is 3. The van der Waals surface area contributed by atoms with Gasteiger partial charge in [-0.15, -0.1) is 0 Å². The molecule has 1 aliphatic rings. The van der Waals surface area contributed by atoms with Crippen LogP contribution < -0.4 is 0 Å². The number of aliphatic hydroxyl groups is 2. The molecule has 3 N–H and O–H groups in total. The summed E-state index contributed by atoms with van der Waals surface area (Å²) < 4.78 is 28.7. The first-order chi connectivity index (χ1) is 42.6. The van der Waals surface area contributed by atoms with Crippen molar-refractivity contribution in [1.82, 2.24) is 0 Å². The van der Waals surface area contributed by atoms with Crippen molar-refractivity contribution in [2.75, 3.05) is 13.2 Å². The van der Waals surface area contributed by atoms with Gasteiger partial charge in [0.25, 0.3) is 0 Å². The predicted octanol–water partition coefficient (Wildman–Crippen LogP) is 20.2. The summed E-state index contributed by atoms with van der Waals surface area (Å²) in [6.45, 7) is 6.01. The van der Waals surface area contributed by atoms with Crippen molar-refractivity contribution in [3.05, 3.63) is 60.8 Å². The van der Waals surface area contributed by atoms with Gasteiger partial charge in [-0.25, -0.2) is 4.79 Å². The van der Waals surface area contributed by atoms with Gasteiger partial charge < -0.3 is 39.0 Å². The zero-order chi connectivity index (χ0) is 63.1. The largest absolute Gasteiger partial charge is 0.479 e. The third-order valence-electron chi connectivity index (χ3n) is 16.5. The van der Waals surface area contributed by atoms with Crippen molar-refractivity contribution in [3.8, 4) is 0 Å². The van der Waals surface area contributed by atoms with Gasteiger partial charge in [0.15, 0.2) is 24.6 Å². The lowest BCUT2D eigenvalue weighted by Crippen LogP contribution is -2.61. The van der Waals surface area contributed by atoms with Gasteiger partial charge in [0.1, 0.15) is 18.8 Å². The minimum atomic E-state index is -1.91. The first kappa shape index (κ1) is 81.4. The molecule has 1 heterocycles. The van der Waals surface area contributed by atoms with Gasteiger partial charge in [-0.2, -0.15) is 0 Å². The standard InChI is InChI=1S/C75H132O12/c1-4-7-10-13-16-19-22-25-28-31-34-37-40-43-46-49-52-55-58-61-67(76)83-64-66(85-68(77)62-59-56-53-50-47-44-41-38-35-32-29-26-23-20-17-14-11-8-5-2)65-84-75-73(71(80)70(79)72(87-75)74(81)82)86-69(78)63-60-57-54-51-48-45-42-39-36-33-30-27-24-21-18-15-12-9-6-3/h16,19,25-30,34,37,66,70-73,75,79-80H,4-15,17-18,20-24,31-33,35-36,38-65H2,1-3H3,(H,81,82)/b19-16-,28-25-,29-26-,30-27-,37-34-. The van der Waals surface area contributed by atoms with E-state index in [1.54, 1.807) is 0 Å². The molecule has 6 unspecified atom stereocenters. The third-order valence-corrected chi connectivity index (χ3v) is 16.5. The van der Waals surface area contributed by atoms with Crippen LogP contribution in [0.15, 0.2) is 60.8 Å². The number of ether oxygens (including phenoxy) is 5. The van der Waals surface area contributed by atoms with Crippen LogP contribution >= 0.6 is 0 Å². The smallest absolute Gasteiger partial charge is 0.335 e. The molecule has 0 radical (unpaired) electrons. The summed E-state index contributed by atoms with van der Waals surface area (Å²) in [5, 5.41) is 31.7. The predicted molar refractivity (Wildman–Crippen MR) is 359 cm³/mol. The Bertz CT molecular complexity index is 1740. The van der Waals surface area contributed by atoms with Gasteiger partial charge in [-0.1, -0.05) is 274 Å². The van der Waals surface area contributed by atoms with E-state index >= 15 is 0 Å². The number of unbranched alkanes of at least 4 members (excludes halogenated alkanes) is 39. The highest BCUT2D eigenvalue weighted by molar-refractivity contribution is 5.74. The average Bonchev–Trinajstić information content (AvgIpc) is 2.56. The Balaban J connectivity index is 2.63. The number of carboxylic acid groups (broad SMARTS) is 1. The fraction of sp³-hybridized carbons (Fsp3) is 0.813. The highest BCUT2D eigenvalue weighted by atomic mass is 16.7. The molecule has 0 aromatic heterocycles. The van der Waals surface area contributed by atoms with Crippen LogP contribution in [-0.2, 0) is 42.9 Å². The van der Waals surface area contributed by atoms with Crippen LogP contribution in [0.25, 0.3) is 0 Å². The maximum atomic E-state index is 13.3. The van der Waals surface area contributed by atoms with E-state index in [1.807, 2.05) is 0 Å². The summed E-state index contributed by atoms with van der Waals surface area (Å²) in [4.78, 5) is 51.5. The highest BCUT2D eigenvalue weighted by Gasteiger charge is 2.50. The Kier molecular flexibility index (Phi) is 58.6. The summed E-state index contributed by atoms with van der Waals surface area (Å²) in [5.74, 6) is -3.11. The lowest BCUT2D eigenvalue weighted by Gasteiger charge is -2.40. The first-order valence-corrected chi connectivity index (χ1v) is 36.3. The van der Waals surface area contributed by atoms with Crippen LogP contribution in [0.5, 0.6) is 0 Å². The molecule has 504 valence electrons. The van der Waals surface area contributed by atoms with Gasteiger partial charge in [-0.05, 0) is 109 Å². The monoisotopic (exact) mass is 1220 g/mol. The Morgan fingerprint density at radius 2 is 0.690 bits per heavy atom. The summed E-state index contributed by atoms with van der Waals surface area (Å²) in [5.41, 5.74) is 0. The van der Waals surface area contributed by atoms with Crippen LogP contribution in [0.1, 0.15) is 342 Å². The van der Waals surface area contributed by atoms with E-state index in [9.17, 15) is 34.5 Å². The number of carboxylic acids is 1. The van der Waals surface area contributed by atoms with E-state index in [2.05, 4.69) is 81.5 Å². The summed E-state index contributed by atoms with van der Waals surface area (Å²) in [6.07, 6.45) is 67.4. The van der Waals surface area contributed by atoms with Crippen molar-refractivity contribution < 1.29 is 58.2 Å². The van der Waals surface area contributed by atoms with Gasteiger partial charge in [0, 0.05) is 19.3 Å². The number of esters is 3. The molecule has 1 saturated heterocycles. The molecule has 0 aromatic carbocycles. The molecule has 0 aliphatic carbocycles. The Morgan fingerprint density at radius 1 is 0.379 bits per heavy atom. The Morgan fingerprint density at radius 3 is 1.08 bits per heavy atom. The first-order valence-electron chi connectivity index (χ1n) is 36.3. The molecular weight excluding hydrogens is 1090 g/mol. The van der Waals surface area contributed by atoms with Crippen LogP contribution in [-0.4, -0.2) is 89.2 Å². The molecule has 0 saturated carbocycles. The van der Waals surface area contributed by atoms with Crippen LogP contribution in [0.3, 0.4) is 0 Å². The fourth-order valence-electron chi connectivity index (χ4n) is 11.0. The number of carbonyl (C=O) groups is 4. The molecular formula is C75H132O12. The van der Waals surface area contributed by atoms with Crippen molar-refractivity contribution in [2.24, 2.45) is 0 Å². The number of hydrogen-bond acceptors (Lipinski definition) is 11. The second-order valence-electron chi connectivity index (χ2n) is 24.9. The van der Waals surface area contributed by atoms with Crippen molar-refractivity contribution in [2.45, 2.75) is 379 Å². The molecule has 6 atom stereocenters. The normalized spacial score (nSPS) is 17.6. The van der Waals surface area contributed by atoms with Crippen LogP contribution in [0.4, 0.5) is 0 Å². The molecule has 1 fully saturated rings. The number of aliphatic hydroxyl groups excluding tert-OH is 2. The lowest BCUT2D eigenvalue weighted by atomic mass is 9.98. The second kappa shape index (κ2) is 62.6. The van der Waals surface area contributed by atoms with E-state index in [4.69, 9.17) is 23.7 Å². The maximum absolute atomic E-state index is 13.3. The van der Waals surface area contributed by atoms with Crippen molar-refractivity contribution >= 4 is 23.9 Å². The molecule has 0 bridgehead atoms. The zero-order valence-corrected chi connectivity index (χ0v) is 56.0. The average molecular weight is 1230 g/mol. The summed E-state index contributed by atoms with van der Waals surface area (Å²) in [7, 11) is 0. The number of rotatable bonds is 63. The van der Waals surface area contributed by atoms with E-state index in [-0.39, 0.29) is 25.9 Å². The van der Waals surface area contributed by atoms with Gasteiger partial charge >= 0.3 is 23.9 Å². The molecule has 1 rings (SSSR count). The maximum Gasteiger partial charge on any atom is 0.335 e. The topological polar surface area (TPSA) is 175 Å². The number of aliphatic carboxylic acids is 1. The number of allylic oxidation sites excluding steroid dienone is 10. The Hall–Kier alpha value is -3.58. The SMILES string of the molecule is CCCCC/C=C\C/C=C\C/C=C\CCCCCCCCC(=O)OCC(COC1OC(C(=O)O)C(O)C(O)C1OC(=O)CCCCCCCCCCC/C=C\CCCCCCCC)OC(=O)CCCCCCCCCCC/C=C\CCCCCCCC. The summed E-state index contributed by atoms with van der Waals surface area (Å²) in [6, 6.07) is 0. The van der Waals surface area contributed by atoms with E-state index in [0.717, 1.165) is 103 Å². The van der Waals surface area contributed by atoms with E-state index < -0.39 is 67.3 Å². The van der Waals surface area contributed by atoms with Crippen LogP contribution in [0, 0.1) is 0 Å².